The molecule has 0 fully saturated rings. The van der Waals surface area contributed by atoms with E-state index >= 15 is 0 Å². The summed E-state index contributed by atoms with van der Waals surface area (Å²) in [5, 5.41) is 12.7. The van der Waals surface area contributed by atoms with Crippen LogP contribution in [0.1, 0.15) is 29.8 Å². The number of non-ortho nitro benzene ring substituents is 1. The molecule has 0 saturated heterocycles. The summed E-state index contributed by atoms with van der Waals surface area (Å²) in [6.45, 7) is 3.04. The molecule has 1 amide bonds. The molecule has 0 radical (unpaired) electrons. The van der Waals surface area contributed by atoms with Crippen molar-refractivity contribution in [3.05, 3.63) is 57.8 Å². The molecule has 12 heteroatoms. The molecule has 1 aromatic carbocycles. The molecule has 1 N–H and O–H groups in total. The van der Waals surface area contributed by atoms with Gasteiger partial charge in [0.25, 0.3) is 11.6 Å². The molecule has 2 aromatic rings. The van der Waals surface area contributed by atoms with Gasteiger partial charge in [-0.15, -0.1) is 0 Å². The second-order valence-corrected chi connectivity index (χ2v) is 5.81. The van der Waals surface area contributed by atoms with Crippen LogP contribution in [0.5, 0.6) is 5.88 Å². The minimum atomic E-state index is -4.96. The van der Waals surface area contributed by atoms with E-state index in [4.69, 9.17) is 9.47 Å². The summed E-state index contributed by atoms with van der Waals surface area (Å²) in [4.78, 5) is 38.1. The van der Waals surface area contributed by atoms with Crippen LogP contribution in [0.2, 0.25) is 0 Å². The van der Waals surface area contributed by atoms with E-state index in [1.165, 1.54) is 18.3 Å². The van der Waals surface area contributed by atoms with Crippen LogP contribution < -0.4 is 10.1 Å². The van der Waals surface area contributed by atoms with Crippen LogP contribution in [0, 0.1) is 10.1 Å². The molecule has 0 spiro atoms. The van der Waals surface area contributed by atoms with Crippen molar-refractivity contribution in [2.75, 3.05) is 11.9 Å². The predicted octanol–water partition coefficient (Wildman–Crippen LogP) is 3.59. The molecule has 30 heavy (non-hydrogen) atoms. The zero-order valence-corrected chi connectivity index (χ0v) is 15.7. The highest BCUT2D eigenvalue weighted by Crippen LogP contribution is 2.37. The fourth-order valence-corrected chi connectivity index (χ4v) is 2.30. The number of carbonyl (C=O) groups excluding carboxylic acids is 2. The fourth-order valence-electron chi connectivity index (χ4n) is 2.30. The van der Waals surface area contributed by atoms with Crippen LogP contribution in [-0.4, -0.2) is 34.5 Å². The van der Waals surface area contributed by atoms with Gasteiger partial charge in [0.2, 0.25) is 5.88 Å². The Morgan fingerprint density at radius 3 is 2.60 bits per heavy atom. The molecule has 0 aliphatic rings. The normalized spacial score (nSPS) is 12.0. The Morgan fingerprint density at radius 2 is 2.00 bits per heavy atom. The summed E-state index contributed by atoms with van der Waals surface area (Å²) < 4.78 is 49.8. The fraction of sp³-hybridized carbons (Fsp3) is 0.278. The van der Waals surface area contributed by atoms with E-state index in [0.717, 1.165) is 19.1 Å². The number of alkyl halides is 3. The minimum absolute atomic E-state index is 0.0210. The molecule has 2 rings (SSSR count). The quantitative estimate of drug-likeness (QED) is 0.407. The maximum absolute atomic E-state index is 13.2. The van der Waals surface area contributed by atoms with E-state index in [0.29, 0.717) is 6.07 Å². The number of pyridine rings is 1. The Labute approximate surface area is 168 Å². The van der Waals surface area contributed by atoms with Gasteiger partial charge in [-0.2, -0.15) is 13.2 Å². The molecule has 0 bridgehead atoms. The minimum Gasteiger partial charge on any atom is -0.477 e. The summed E-state index contributed by atoms with van der Waals surface area (Å²) >= 11 is 0. The van der Waals surface area contributed by atoms with Crippen LogP contribution in [0.25, 0.3) is 0 Å². The van der Waals surface area contributed by atoms with E-state index in [2.05, 4.69) is 4.98 Å². The van der Waals surface area contributed by atoms with Crippen molar-refractivity contribution in [3.63, 3.8) is 0 Å². The van der Waals surface area contributed by atoms with Gasteiger partial charge >= 0.3 is 12.1 Å². The number of halogens is 3. The molecule has 9 nitrogen and oxygen atoms in total. The average Bonchev–Trinajstić information content (AvgIpc) is 2.67. The molecule has 0 aliphatic heterocycles. The third-order valence-electron chi connectivity index (χ3n) is 3.70. The molecule has 1 aromatic heterocycles. The lowest BCUT2D eigenvalue weighted by molar-refractivity contribution is -0.385. The van der Waals surface area contributed by atoms with Gasteiger partial charge in [-0.1, -0.05) is 0 Å². The second kappa shape index (κ2) is 9.20. The SMILES string of the molecule is CCOc1ncccc1C(=O)OC(C)C(=O)Nc1ccc([N+](=O)[O-])cc1C(F)(F)F. The number of rotatable bonds is 7. The molecule has 1 unspecified atom stereocenters. The number of esters is 1. The van der Waals surface area contributed by atoms with Gasteiger partial charge in [-0.25, -0.2) is 9.78 Å². The van der Waals surface area contributed by atoms with E-state index in [9.17, 15) is 32.9 Å². The zero-order valence-electron chi connectivity index (χ0n) is 15.7. The molecular weight excluding hydrogens is 411 g/mol. The first kappa shape index (κ1) is 22.6. The topological polar surface area (TPSA) is 121 Å². The number of hydrogen-bond acceptors (Lipinski definition) is 7. The summed E-state index contributed by atoms with van der Waals surface area (Å²) in [5.41, 5.74) is -2.98. The first-order chi connectivity index (χ1) is 14.0. The van der Waals surface area contributed by atoms with Crippen molar-refractivity contribution in [2.24, 2.45) is 0 Å². The van der Waals surface area contributed by atoms with Crippen molar-refractivity contribution in [2.45, 2.75) is 26.1 Å². The molecule has 0 aliphatic carbocycles. The predicted molar refractivity (Wildman–Crippen MR) is 97.0 cm³/mol. The highest BCUT2D eigenvalue weighted by atomic mass is 19.4. The van der Waals surface area contributed by atoms with Crippen molar-refractivity contribution in [1.29, 1.82) is 0 Å². The van der Waals surface area contributed by atoms with Gasteiger partial charge in [0.1, 0.15) is 5.56 Å². The Bertz CT molecular complexity index is 964. The lowest BCUT2D eigenvalue weighted by Crippen LogP contribution is -2.31. The molecule has 0 saturated carbocycles. The van der Waals surface area contributed by atoms with Gasteiger partial charge < -0.3 is 14.8 Å². The molecule has 1 atom stereocenters. The number of benzene rings is 1. The van der Waals surface area contributed by atoms with Crippen LogP contribution in [0.15, 0.2) is 36.5 Å². The number of nitro benzene ring substituents is 1. The Balaban J connectivity index is 2.18. The Morgan fingerprint density at radius 1 is 1.30 bits per heavy atom. The molecular formula is C18H16F3N3O6. The van der Waals surface area contributed by atoms with Crippen LogP contribution in [0.4, 0.5) is 24.5 Å². The number of nitrogens with one attached hydrogen (secondary N) is 1. The van der Waals surface area contributed by atoms with Crippen molar-refractivity contribution < 1.29 is 37.2 Å². The number of amides is 1. The van der Waals surface area contributed by atoms with Crippen molar-refractivity contribution >= 4 is 23.3 Å². The van der Waals surface area contributed by atoms with Gasteiger partial charge in [-0.05, 0) is 32.0 Å². The number of aromatic nitrogens is 1. The smallest absolute Gasteiger partial charge is 0.418 e. The van der Waals surface area contributed by atoms with E-state index in [-0.39, 0.29) is 18.1 Å². The Hall–Kier alpha value is -3.70. The largest absolute Gasteiger partial charge is 0.477 e. The number of hydrogen-bond donors (Lipinski definition) is 1. The van der Waals surface area contributed by atoms with Crippen molar-refractivity contribution in [1.82, 2.24) is 4.98 Å². The number of ether oxygens (including phenoxy) is 2. The van der Waals surface area contributed by atoms with E-state index < -0.39 is 46.0 Å². The van der Waals surface area contributed by atoms with E-state index in [1.807, 2.05) is 5.32 Å². The first-order valence-electron chi connectivity index (χ1n) is 8.49. The zero-order chi connectivity index (χ0) is 22.5. The van der Waals surface area contributed by atoms with Crippen molar-refractivity contribution in [3.8, 4) is 5.88 Å². The third-order valence-corrected chi connectivity index (χ3v) is 3.70. The second-order valence-electron chi connectivity index (χ2n) is 5.81. The van der Waals surface area contributed by atoms with E-state index in [1.54, 1.807) is 6.92 Å². The van der Waals surface area contributed by atoms with Crippen LogP contribution in [-0.2, 0) is 15.7 Å². The van der Waals surface area contributed by atoms with Gasteiger partial charge in [-0.3, -0.25) is 14.9 Å². The van der Waals surface area contributed by atoms with Gasteiger partial charge in [0.05, 0.1) is 22.8 Å². The number of carbonyl (C=O) groups is 2. The standard InChI is InChI=1S/C18H16F3N3O6/c1-3-29-16-12(5-4-8-22-16)17(26)30-10(2)15(25)23-14-7-6-11(24(27)28)9-13(14)18(19,20)21/h4-10H,3H2,1-2H3,(H,23,25). The summed E-state index contributed by atoms with van der Waals surface area (Å²) in [7, 11) is 0. The summed E-state index contributed by atoms with van der Waals surface area (Å²) in [6.07, 6.45) is -5.06. The molecule has 160 valence electrons. The number of nitrogens with zero attached hydrogens (tertiary/aromatic N) is 2. The van der Waals surface area contributed by atoms with Gasteiger partial charge in [0.15, 0.2) is 6.10 Å². The highest BCUT2D eigenvalue weighted by Gasteiger charge is 2.36. The Kier molecular flexibility index (Phi) is 6.93. The monoisotopic (exact) mass is 427 g/mol. The highest BCUT2D eigenvalue weighted by molar-refractivity contribution is 5.98. The average molecular weight is 427 g/mol. The summed E-state index contributed by atoms with van der Waals surface area (Å²) in [5.74, 6) is -2.05. The van der Waals surface area contributed by atoms with Crippen LogP contribution >= 0.6 is 0 Å². The number of anilines is 1. The lowest BCUT2D eigenvalue weighted by Gasteiger charge is -2.17. The number of nitro groups is 1. The summed E-state index contributed by atoms with van der Waals surface area (Å²) in [6, 6.07) is 4.66. The third kappa shape index (κ3) is 5.43. The lowest BCUT2D eigenvalue weighted by atomic mass is 10.1. The first-order valence-corrected chi connectivity index (χ1v) is 8.49. The maximum Gasteiger partial charge on any atom is 0.418 e. The van der Waals surface area contributed by atoms with Gasteiger partial charge in [0, 0.05) is 18.3 Å². The molecule has 1 heterocycles. The van der Waals surface area contributed by atoms with Crippen LogP contribution in [0.3, 0.4) is 0 Å². The maximum atomic E-state index is 13.2.